The summed E-state index contributed by atoms with van der Waals surface area (Å²) in [5, 5.41) is 12.4. The van der Waals surface area contributed by atoms with Crippen LogP contribution in [0.5, 0.6) is 0 Å². The Morgan fingerprint density at radius 2 is 1.38 bits per heavy atom. The Balaban J connectivity index is 1.15. The Labute approximate surface area is 461 Å². The van der Waals surface area contributed by atoms with Gasteiger partial charge in [0.25, 0.3) is 5.91 Å². The van der Waals surface area contributed by atoms with Crippen LogP contribution in [0.1, 0.15) is 157 Å². The highest BCUT2D eigenvalue weighted by atomic mass is 19.1. The van der Waals surface area contributed by atoms with Crippen molar-refractivity contribution in [3.05, 3.63) is 142 Å². The number of hydrogen-bond acceptors (Lipinski definition) is 8. The van der Waals surface area contributed by atoms with Gasteiger partial charge in [-0.2, -0.15) is 0 Å². The quantitative estimate of drug-likeness (QED) is 0.0766. The topological polar surface area (TPSA) is 177 Å². The Bertz CT molecular complexity index is 2840. The fourth-order valence-electron chi connectivity index (χ4n) is 11.2. The molecular formula is C63H82FN7O7. The number of fused-ring (bicyclic) bond motifs is 2. The third-order valence-corrected chi connectivity index (χ3v) is 16.5. The van der Waals surface area contributed by atoms with Crippen molar-refractivity contribution >= 4 is 41.2 Å². The Hall–Kier alpha value is -6.74. The first-order valence-corrected chi connectivity index (χ1v) is 27.9. The molecule has 0 bridgehead atoms. The van der Waals surface area contributed by atoms with Gasteiger partial charge in [0.15, 0.2) is 0 Å². The summed E-state index contributed by atoms with van der Waals surface area (Å²) in [5.41, 5.74) is 3.92. The van der Waals surface area contributed by atoms with Crippen molar-refractivity contribution in [1.29, 1.82) is 0 Å². The van der Waals surface area contributed by atoms with E-state index in [9.17, 15) is 28.8 Å². The molecule has 4 N–H and O–H groups in total. The van der Waals surface area contributed by atoms with Crippen LogP contribution in [0, 0.1) is 28.5 Å². The van der Waals surface area contributed by atoms with Gasteiger partial charge in [-0.15, -0.1) is 0 Å². The number of ketones is 1. The molecule has 0 radical (unpaired) electrons. The first kappa shape index (κ1) is 58.9. The van der Waals surface area contributed by atoms with Gasteiger partial charge in [0.05, 0.1) is 18.1 Å². The summed E-state index contributed by atoms with van der Waals surface area (Å²) in [6, 6.07) is 23.8. The summed E-state index contributed by atoms with van der Waals surface area (Å²) < 4.78 is 15.7. The van der Waals surface area contributed by atoms with Gasteiger partial charge in [0.2, 0.25) is 29.5 Å². The minimum atomic E-state index is -1.00. The molecule has 4 aromatic rings. The first-order valence-electron chi connectivity index (χ1n) is 27.9. The van der Waals surface area contributed by atoms with E-state index < -0.39 is 70.6 Å². The SMILES string of the molecule is CC[C@@H](C)C(=O)N[C@H](C(=O)N1Cc2ccccc2C[C@H]1C(=O)N(Cc1ccc(C(=O)N[C@H]2CC(C(=O)N[C@@H]3CCCc4ccccc43)N(C(=O)[C@@H](CC(=O)[C@H](C)NC)C(C)(C)C)C2)cc1)C(C)c1ccccc1F)C(C)(C)C. The second-order valence-electron chi connectivity index (χ2n) is 24.1. The van der Waals surface area contributed by atoms with Crippen molar-refractivity contribution in [2.24, 2.45) is 22.7 Å². The van der Waals surface area contributed by atoms with E-state index in [1.807, 2.05) is 97.9 Å². The van der Waals surface area contributed by atoms with E-state index >= 15 is 9.18 Å². The number of nitrogens with zero attached hydrogens (tertiary/aromatic N) is 3. The van der Waals surface area contributed by atoms with Gasteiger partial charge in [-0.05, 0) is 110 Å². The fraction of sp³-hybridized carbons (Fsp3) is 0.508. The van der Waals surface area contributed by atoms with Crippen molar-refractivity contribution in [3.8, 4) is 0 Å². The summed E-state index contributed by atoms with van der Waals surface area (Å²) in [7, 11) is 1.70. The molecule has 418 valence electrons. The second-order valence-corrected chi connectivity index (χ2v) is 24.1. The molecule has 14 nitrogen and oxygen atoms in total. The molecule has 0 saturated carbocycles. The molecule has 7 rings (SSSR count). The van der Waals surface area contributed by atoms with Gasteiger partial charge < -0.3 is 36.0 Å². The van der Waals surface area contributed by atoms with Crippen LogP contribution in [-0.4, -0.2) is 99.7 Å². The van der Waals surface area contributed by atoms with Crippen LogP contribution in [0.15, 0.2) is 97.1 Å². The van der Waals surface area contributed by atoms with E-state index in [0.29, 0.717) is 17.5 Å². The average molecular weight is 1070 g/mol. The zero-order valence-corrected chi connectivity index (χ0v) is 47.6. The van der Waals surface area contributed by atoms with Gasteiger partial charge in [-0.1, -0.05) is 134 Å². The number of rotatable bonds is 18. The average Bonchev–Trinajstić information content (AvgIpc) is 3.91. The van der Waals surface area contributed by atoms with Crippen LogP contribution >= 0.6 is 0 Å². The zero-order valence-electron chi connectivity index (χ0n) is 47.6. The molecule has 1 aliphatic carbocycles. The number of hydrogen-bond donors (Lipinski definition) is 4. The normalized spacial score (nSPS) is 20.2. The van der Waals surface area contributed by atoms with E-state index in [1.165, 1.54) is 11.6 Å². The maximum atomic E-state index is 15.7. The Morgan fingerprint density at radius 3 is 2.03 bits per heavy atom. The number of nitrogens with one attached hydrogen (secondary N) is 4. The highest BCUT2D eigenvalue weighted by Gasteiger charge is 2.47. The molecule has 2 unspecified atom stereocenters. The molecule has 0 spiro atoms. The molecular weight excluding hydrogens is 986 g/mol. The Morgan fingerprint density at radius 1 is 0.744 bits per heavy atom. The van der Waals surface area contributed by atoms with Crippen LogP contribution in [0.3, 0.4) is 0 Å². The van der Waals surface area contributed by atoms with Gasteiger partial charge in [0.1, 0.15) is 29.7 Å². The number of aryl methyl sites for hydroxylation is 1. The number of carbonyl (C=O) groups excluding carboxylic acids is 7. The Kier molecular flexibility index (Phi) is 18.8. The number of amides is 6. The van der Waals surface area contributed by atoms with Crippen molar-refractivity contribution in [3.63, 3.8) is 0 Å². The van der Waals surface area contributed by atoms with Gasteiger partial charge in [-0.3, -0.25) is 33.6 Å². The number of Topliss-reactive ketones (excluding diaryl/α,β-unsaturated/α-hetero) is 1. The van der Waals surface area contributed by atoms with Crippen LogP contribution in [0.25, 0.3) is 0 Å². The monoisotopic (exact) mass is 1070 g/mol. The number of carbonyl (C=O) groups is 7. The number of likely N-dealkylation sites (N-methyl/N-ethyl adjacent to an activating group) is 1. The van der Waals surface area contributed by atoms with Crippen LogP contribution < -0.4 is 21.3 Å². The van der Waals surface area contributed by atoms with Crippen molar-refractivity contribution in [1.82, 2.24) is 36.0 Å². The van der Waals surface area contributed by atoms with Crippen LogP contribution in [-0.2, 0) is 54.7 Å². The van der Waals surface area contributed by atoms with Crippen molar-refractivity contribution < 1.29 is 38.0 Å². The first-order chi connectivity index (χ1) is 36.9. The second kappa shape index (κ2) is 24.9. The lowest BCUT2D eigenvalue weighted by Gasteiger charge is -2.43. The molecule has 6 amide bonds. The molecule has 9 atom stereocenters. The van der Waals surface area contributed by atoms with Crippen LogP contribution in [0.2, 0.25) is 0 Å². The molecule has 2 heterocycles. The van der Waals surface area contributed by atoms with E-state index in [1.54, 1.807) is 78.1 Å². The minimum absolute atomic E-state index is 0.00361. The smallest absolute Gasteiger partial charge is 0.251 e. The predicted octanol–water partition coefficient (Wildman–Crippen LogP) is 8.57. The highest BCUT2D eigenvalue weighted by molar-refractivity contribution is 5.96. The molecule has 0 aromatic heterocycles. The zero-order chi connectivity index (χ0) is 56.8. The van der Waals surface area contributed by atoms with Gasteiger partial charge >= 0.3 is 0 Å². The van der Waals surface area contributed by atoms with E-state index in [0.717, 1.165) is 36.0 Å². The van der Waals surface area contributed by atoms with E-state index in [2.05, 4.69) is 27.3 Å². The van der Waals surface area contributed by atoms with E-state index in [4.69, 9.17) is 0 Å². The lowest BCUT2D eigenvalue weighted by molar-refractivity contribution is -0.152. The molecule has 2 aliphatic heterocycles. The number of benzene rings is 4. The summed E-state index contributed by atoms with van der Waals surface area (Å²) in [5.74, 6) is -3.78. The summed E-state index contributed by atoms with van der Waals surface area (Å²) in [6.07, 6.45) is 3.49. The third-order valence-electron chi connectivity index (χ3n) is 16.5. The summed E-state index contributed by atoms with van der Waals surface area (Å²) in [6.45, 7) is 18.8. The lowest BCUT2D eigenvalue weighted by atomic mass is 9.76. The highest BCUT2D eigenvalue weighted by Crippen LogP contribution is 2.37. The number of likely N-dealkylation sites (tertiary alicyclic amines) is 1. The predicted molar refractivity (Wildman–Crippen MR) is 300 cm³/mol. The molecule has 4 aromatic carbocycles. The maximum Gasteiger partial charge on any atom is 0.251 e. The van der Waals surface area contributed by atoms with Crippen molar-refractivity contribution in [2.45, 2.75) is 170 Å². The molecule has 1 saturated heterocycles. The standard InChI is InChI=1S/C63H82FN7O7/c1-12-38(2)56(73)68-55(63(8,9)10)61(78)70-36-45-22-14-13-21-44(45)32-53(70)60(77)69(40(4)47-24-17-18-26-50(47)64)35-41-28-30-43(31-29-41)57(74)66-46-33-52(58(75)67-51-27-19-23-42-20-15-16-25-48(42)51)71(37-46)59(76)49(62(5,6)7)34-54(72)39(3)65-11/h13-18,20-22,24-26,28-31,38-40,46,49,51-53,55,65H,12,19,23,27,32-37H2,1-11H3,(H,66,74)(H,67,75)(H,68,73)/t38-,39+,40?,46+,49-,51-,52?,53+,55-/m1/s1. The largest absolute Gasteiger partial charge is 0.347 e. The third kappa shape index (κ3) is 13.6. The maximum absolute atomic E-state index is 15.7. The number of halogens is 1. The van der Waals surface area contributed by atoms with Gasteiger partial charge in [0, 0.05) is 61.5 Å². The summed E-state index contributed by atoms with van der Waals surface area (Å²) >= 11 is 0. The van der Waals surface area contributed by atoms with Crippen LogP contribution in [0.4, 0.5) is 4.39 Å². The molecule has 3 aliphatic rings. The van der Waals surface area contributed by atoms with Gasteiger partial charge in [-0.25, -0.2) is 4.39 Å². The molecule has 78 heavy (non-hydrogen) atoms. The lowest BCUT2D eigenvalue weighted by Crippen LogP contribution is -2.61. The van der Waals surface area contributed by atoms with Crippen molar-refractivity contribution in [2.75, 3.05) is 13.6 Å². The molecule has 15 heteroatoms. The minimum Gasteiger partial charge on any atom is -0.347 e. The van der Waals surface area contributed by atoms with E-state index in [-0.39, 0.29) is 85.8 Å². The summed E-state index contributed by atoms with van der Waals surface area (Å²) in [4.78, 5) is 105. The molecule has 1 fully saturated rings. The fourth-order valence-corrected chi connectivity index (χ4v) is 11.2.